The van der Waals surface area contributed by atoms with E-state index in [2.05, 4.69) is 48.6 Å². The summed E-state index contributed by atoms with van der Waals surface area (Å²) in [4.78, 5) is 0.752. The van der Waals surface area contributed by atoms with Crippen LogP contribution in [0.15, 0.2) is 163 Å². The molecule has 0 aliphatic rings. The van der Waals surface area contributed by atoms with Crippen molar-refractivity contribution in [2.75, 3.05) is 0 Å². The molecule has 0 bridgehead atoms. The van der Waals surface area contributed by atoms with Crippen molar-refractivity contribution < 1.29 is 18.9 Å². The first-order valence-corrected chi connectivity index (χ1v) is 16.5. The number of rotatable bonds is 15. The summed E-state index contributed by atoms with van der Waals surface area (Å²) in [6.07, 6.45) is 4.75. The lowest BCUT2D eigenvalue weighted by atomic mass is 10.1. The maximum absolute atomic E-state index is 6.44. The molecule has 6 rings (SSSR count). The van der Waals surface area contributed by atoms with Gasteiger partial charge in [-0.05, 0) is 46.9 Å². The summed E-state index contributed by atoms with van der Waals surface area (Å²) >= 11 is 4.96. The van der Waals surface area contributed by atoms with Gasteiger partial charge in [-0.25, -0.2) is 0 Å². The van der Waals surface area contributed by atoms with E-state index >= 15 is 0 Å². The predicted octanol–water partition coefficient (Wildman–Crippen LogP) is 10.5. The first-order chi connectivity index (χ1) is 23.7. The fraction of sp³-hybridized carbons (Fsp3) is 0.116. The Morgan fingerprint density at radius 1 is 0.417 bits per heavy atom. The molecule has 6 aromatic carbocycles. The summed E-state index contributed by atoms with van der Waals surface area (Å²) in [5.41, 5.74) is 6.22. The van der Waals surface area contributed by atoms with Gasteiger partial charge in [0.1, 0.15) is 37.9 Å². The second-order valence-corrected chi connectivity index (χ2v) is 11.7. The van der Waals surface area contributed by atoms with Crippen LogP contribution in [0.3, 0.4) is 0 Å². The Bertz CT molecular complexity index is 1890. The second-order valence-electron chi connectivity index (χ2n) is 11.3. The third-order valence-electron chi connectivity index (χ3n) is 7.77. The van der Waals surface area contributed by atoms with Gasteiger partial charge in [0.05, 0.1) is 4.90 Å². The minimum atomic E-state index is 0.423. The molecule has 0 amide bonds. The third-order valence-corrected chi connectivity index (χ3v) is 8.26. The lowest BCUT2D eigenvalue weighted by molar-refractivity contribution is 0.255. The normalized spacial score (nSPS) is 10.9. The quantitative estimate of drug-likeness (QED) is 0.112. The largest absolute Gasteiger partial charge is 0.489 e. The maximum Gasteiger partial charge on any atom is 0.168 e. The predicted molar refractivity (Wildman–Crippen MR) is 196 cm³/mol. The minimum absolute atomic E-state index is 0.423. The summed E-state index contributed by atoms with van der Waals surface area (Å²) in [5.74, 6) is 2.86. The molecule has 0 unspecified atom stereocenters. The van der Waals surface area contributed by atoms with E-state index < -0.39 is 0 Å². The molecular weight excluding hydrogens is 613 g/mol. The Morgan fingerprint density at radius 2 is 0.854 bits per heavy atom. The summed E-state index contributed by atoms with van der Waals surface area (Å²) in [6, 6.07) is 50.4. The molecule has 0 N–H and O–H groups in total. The van der Waals surface area contributed by atoms with Gasteiger partial charge < -0.3 is 18.9 Å². The smallest absolute Gasteiger partial charge is 0.168 e. The Balaban J connectivity index is 1.26. The molecule has 48 heavy (non-hydrogen) atoms. The zero-order chi connectivity index (χ0) is 32.8. The number of benzene rings is 6. The molecule has 0 heterocycles. The Kier molecular flexibility index (Phi) is 11.5. The first-order valence-electron chi connectivity index (χ1n) is 16.0. The van der Waals surface area contributed by atoms with E-state index in [1.807, 2.05) is 115 Å². The Hall–Kier alpha value is -5.39. The highest BCUT2D eigenvalue weighted by Crippen LogP contribution is 2.37. The fourth-order valence-corrected chi connectivity index (χ4v) is 5.56. The Labute approximate surface area is 288 Å². The Morgan fingerprint density at radius 3 is 1.38 bits per heavy atom. The third kappa shape index (κ3) is 9.11. The molecule has 0 radical (unpaired) electrons. The van der Waals surface area contributed by atoms with Gasteiger partial charge in [0.2, 0.25) is 0 Å². The first kappa shape index (κ1) is 32.5. The number of ether oxygens (including phenoxy) is 4. The van der Waals surface area contributed by atoms with Crippen LogP contribution in [-0.2, 0) is 32.8 Å². The van der Waals surface area contributed by atoms with Crippen LogP contribution in [-0.4, -0.2) is 0 Å². The highest BCUT2D eigenvalue weighted by molar-refractivity contribution is 7.80. The molecule has 0 aliphatic carbocycles. The molecule has 5 heteroatoms. The van der Waals surface area contributed by atoms with Crippen molar-refractivity contribution >= 4 is 18.7 Å². The molecule has 0 saturated carbocycles. The van der Waals surface area contributed by atoms with Crippen LogP contribution in [0.2, 0.25) is 0 Å². The van der Waals surface area contributed by atoms with Gasteiger partial charge in [-0.3, -0.25) is 0 Å². The van der Waals surface area contributed by atoms with Crippen LogP contribution >= 0.6 is 12.6 Å². The van der Waals surface area contributed by atoms with Gasteiger partial charge in [-0.2, -0.15) is 0 Å². The monoisotopic (exact) mass is 650 g/mol. The topological polar surface area (TPSA) is 36.9 Å². The van der Waals surface area contributed by atoms with E-state index in [-0.39, 0.29) is 0 Å². The SMILES string of the molecule is Sc1c(OCc2ccccc2)ccc(OCc2ccccc2)c1C/C=C/c1cccc(OCc2ccccc2)c1OCc1ccccc1. The minimum Gasteiger partial charge on any atom is -0.489 e. The average molecular weight is 651 g/mol. The van der Waals surface area contributed by atoms with E-state index in [0.717, 1.165) is 44.0 Å². The molecule has 0 aromatic heterocycles. The molecule has 0 fully saturated rings. The summed E-state index contributed by atoms with van der Waals surface area (Å²) in [6.45, 7) is 1.77. The second kappa shape index (κ2) is 17.0. The standard InChI is InChI=1S/C43H38O4S/c48-43-38(39(44-29-33-15-5-1-6-16-33)27-28-41(43)46-31-35-19-9-3-10-20-35)25-13-23-37-24-14-26-40(45-30-34-17-7-2-8-18-34)42(37)47-32-36-21-11-4-12-22-36/h1-24,26-28,48H,25,29-32H2/b23-13+. The highest BCUT2D eigenvalue weighted by Gasteiger charge is 2.15. The fourth-order valence-electron chi connectivity index (χ4n) is 5.22. The van der Waals surface area contributed by atoms with Gasteiger partial charge in [-0.15, -0.1) is 12.6 Å². The van der Waals surface area contributed by atoms with Gasteiger partial charge in [0.15, 0.2) is 11.5 Å². The van der Waals surface area contributed by atoms with E-state index in [9.17, 15) is 0 Å². The van der Waals surface area contributed by atoms with Crippen LogP contribution in [0.25, 0.3) is 6.08 Å². The van der Waals surface area contributed by atoms with Crippen molar-refractivity contribution in [1.29, 1.82) is 0 Å². The zero-order valence-corrected chi connectivity index (χ0v) is 27.6. The molecule has 240 valence electrons. The van der Waals surface area contributed by atoms with Gasteiger partial charge in [0, 0.05) is 11.1 Å². The van der Waals surface area contributed by atoms with Crippen molar-refractivity contribution in [1.82, 2.24) is 0 Å². The van der Waals surface area contributed by atoms with Crippen LogP contribution in [0, 0.1) is 0 Å². The van der Waals surface area contributed by atoms with Gasteiger partial charge in [0.25, 0.3) is 0 Å². The van der Waals surface area contributed by atoms with Crippen molar-refractivity contribution in [3.05, 3.63) is 191 Å². The van der Waals surface area contributed by atoms with Crippen molar-refractivity contribution in [3.8, 4) is 23.0 Å². The number of allylic oxidation sites excluding steroid dienone is 1. The molecule has 0 atom stereocenters. The summed E-state index contributed by atoms with van der Waals surface area (Å²) in [5, 5.41) is 0. The van der Waals surface area contributed by atoms with Gasteiger partial charge in [-0.1, -0.05) is 146 Å². The maximum atomic E-state index is 6.44. The lowest BCUT2D eigenvalue weighted by Crippen LogP contribution is -2.02. The summed E-state index contributed by atoms with van der Waals surface area (Å²) < 4.78 is 25.3. The number of para-hydroxylation sites is 1. The highest BCUT2D eigenvalue weighted by atomic mass is 32.1. The molecule has 0 aliphatic heterocycles. The number of thiol groups is 1. The van der Waals surface area contributed by atoms with Crippen molar-refractivity contribution in [2.45, 2.75) is 37.7 Å². The van der Waals surface area contributed by atoms with Crippen LogP contribution < -0.4 is 18.9 Å². The zero-order valence-electron chi connectivity index (χ0n) is 26.7. The van der Waals surface area contributed by atoms with Crippen molar-refractivity contribution in [3.63, 3.8) is 0 Å². The molecule has 4 nitrogen and oxygen atoms in total. The lowest BCUT2D eigenvalue weighted by Gasteiger charge is -2.17. The van der Waals surface area contributed by atoms with E-state index in [1.165, 1.54) is 0 Å². The van der Waals surface area contributed by atoms with E-state index in [4.69, 9.17) is 31.6 Å². The molecular formula is C43H38O4S. The van der Waals surface area contributed by atoms with E-state index in [1.54, 1.807) is 0 Å². The molecule has 0 spiro atoms. The van der Waals surface area contributed by atoms with E-state index in [0.29, 0.717) is 50.1 Å². The molecule has 6 aromatic rings. The van der Waals surface area contributed by atoms with Crippen molar-refractivity contribution in [2.24, 2.45) is 0 Å². The number of hydrogen-bond donors (Lipinski definition) is 1. The van der Waals surface area contributed by atoms with Crippen LogP contribution in [0.4, 0.5) is 0 Å². The van der Waals surface area contributed by atoms with Crippen LogP contribution in [0.1, 0.15) is 33.4 Å². The van der Waals surface area contributed by atoms with Crippen LogP contribution in [0.5, 0.6) is 23.0 Å². The number of hydrogen-bond acceptors (Lipinski definition) is 5. The average Bonchev–Trinajstić information content (AvgIpc) is 3.14. The van der Waals surface area contributed by atoms with Gasteiger partial charge >= 0.3 is 0 Å². The molecule has 0 saturated heterocycles. The summed E-state index contributed by atoms with van der Waals surface area (Å²) in [7, 11) is 0.